The van der Waals surface area contributed by atoms with Crippen LogP contribution in [-0.4, -0.2) is 49.1 Å². The molecule has 1 N–H and O–H groups in total. The van der Waals surface area contributed by atoms with Crippen LogP contribution in [0.4, 0.5) is 0 Å². The van der Waals surface area contributed by atoms with E-state index in [0.717, 1.165) is 31.2 Å². The first-order valence-corrected chi connectivity index (χ1v) is 8.94. The van der Waals surface area contributed by atoms with Gasteiger partial charge in [-0.3, -0.25) is 9.59 Å². The predicted molar refractivity (Wildman–Crippen MR) is 96.5 cm³/mol. The van der Waals surface area contributed by atoms with Gasteiger partial charge in [0.25, 0.3) is 5.91 Å². The monoisotopic (exact) mass is 342 g/mol. The number of rotatable bonds is 6. The number of nitrogens with one attached hydrogen (secondary N) is 1. The molecule has 0 bridgehead atoms. The van der Waals surface area contributed by atoms with Crippen molar-refractivity contribution >= 4 is 11.8 Å². The third-order valence-corrected chi connectivity index (χ3v) is 5.49. The van der Waals surface area contributed by atoms with Crippen LogP contribution in [-0.2, 0) is 9.53 Å². The Kier molecular flexibility index (Phi) is 5.23. The zero-order valence-electron chi connectivity index (χ0n) is 14.8. The molecule has 1 aliphatic heterocycles. The standard InChI is InChI=1S/C20H26N2O3/c1-3-12-21-18(23)17-15-8-4-5-9-16(15)19(24)22(13-14-25-2)20(17)10-6-7-11-20/h3-5,8-9,17H,1,6-7,10-14H2,2H3,(H,21,23)/t17-/m1/s1. The van der Waals surface area contributed by atoms with Gasteiger partial charge in [-0.15, -0.1) is 6.58 Å². The number of carbonyl (C=O) groups excluding carboxylic acids is 2. The second kappa shape index (κ2) is 7.40. The summed E-state index contributed by atoms with van der Waals surface area (Å²) in [7, 11) is 1.64. The minimum absolute atomic E-state index is 0.0160. The average molecular weight is 342 g/mol. The Bertz CT molecular complexity index is 665. The van der Waals surface area contributed by atoms with Gasteiger partial charge in [-0.1, -0.05) is 37.1 Å². The Morgan fingerprint density at radius 2 is 2.12 bits per heavy atom. The van der Waals surface area contributed by atoms with Crippen LogP contribution in [0.1, 0.15) is 47.5 Å². The van der Waals surface area contributed by atoms with Crippen LogP contribution in [0, 0.1) is 0 Å². The molecule has 1 heterocycles. The number of hydrogen-bond donors (Lipinski definition) is 1. The van der Waals surface area contributed by atoms with Crippen LogP contribution in [0.5, 0.6) is 0 Å². The van der Waals surface area contributed by atoms with Gasteiger partial charge < -0.3 is 15.0 Å². The molecule has 134 valence electrons. The van der Waals surface area contributed by atoms with E-state index in [-0.39, 0.29) is 17.7 Å². The van der Waals surface area contributed by atoms with E-state index in [1.54, 1.807) is 13.2 Å². The lowest BCUT2D eigenvalue weighted by Gasteiger charge is -2.50. The maximum atomic E-state index is 13.2. The van der Waals surface area contributed by atoms with Crippen molar-refractivity contribution in [2.75, 3.05) is 26.8 Å². The maximum absolute atomic E-state index is 13.2. The zero-order chi connectivity index (χ0) is 17.9. The average Bonchev–Trinajstić information content (AvgIpc) is 3.10. The number of methoxy groups -OCH3 is 1. The fraction of sp³-hybridized carbons (Fsp3) is 0.500. The van der Waals surface area contributed by atoms with E-state index in [0.29, 0.717) is 25.3 Å². The lowest BCUT2D eigenvalue weighted by Crippen LogP contribution is -2.61. The number of fused-ring (bicyclic) bond motifs is 1. The number of hydrogen-bond acceptors (Lipinski definition) is 3. The number of carbonyl (C=O) groups is 2. The summed E-state index contributed by atoms with van der Waals surface area (Å²) in [6, 6.07) is 7.52. The summed E-state index contributed by atoms with van der Waals surface area (Å²) < 4.78 is 5.24. The van der Waals surface area contributed by atoms with Crippen LogP contribution < -0.4 is 5.32 Å². The van der Waals surface area contributed by atoms with Crippen molar-refractivity contribution in [3.8, 4) is 0 Å². The van der Waals surface area contributed by atoms with E-state index in [4.69, 9.17) is 4.74 Å². The van der Waals surface area contributed by atoms with E-state index in [2.05, 4.69) is 11.9 Å². The maximum Gasteiger partial charge on any atom is 0.254 e. The molecule has 0 aromatic heterocycles. The molecule has 5 nitrogen and oxygen atoms in total. The molecule has 2 amide bonds. The Hall–Kier alpha value is -2.14. The molecule has 3 rings (SSSR count). The highest BCUT2D eigenvalue weighted by Gasteiger charge is 2.55. The summed E-state index contributed by atoms with van der Waals surface area (Å²) in [5.74, 6) is -0.354. The Balaban J connectivity index is 2.10. The number of nitrogens with zero attached hydrogens (tertiary/aromatic N) is 1. The lowest BCUT2D eigenvalue weighted by molar-refractivity contribution is -0.126. The fourth-order valence-corrected chi connectivity index (χ4v) is 4.45. The van der Waals surface area contributed by atoms with Gasteiger partial charge >= 0.3 is 0 Å². The summed E-state index contributed by atoms with van der Waals surface area (Å²) in [5.41, 5.74) is 1.04. The molecule has 1 aromatic carbocycles. The molecular formula is C20H26N2O3. The largest absolute Gasteiger partial charge is 0.383 e. The normalized spacial score (nSPS) is 21.2. The third kappa shape index (κ3) is 2.97. The van der Waals surface area contributed by atoms with E-state index in [1.807, 2.05) is 29.2 Å². The molecule has 2 aliphatic rings. The van der Waals surface area contributed by atoms with Crippen molar-refractivity contribution in [3.63, 3.8) is 0 Å². The van der Waals surface area contributed by atoms with Gasteiger partial charge in [0.2, 0.25) is 5.91 Å². The second-order valence-corrected chi connectivity index (χ2v) is 6.81. The van der Waals surface area contributed by atoms with Gasteiger partial charge in [-0.05, 0) is 24.5 Å². The van der Waals surface area contributed by atoms with Gasteiger partial charge in [0.1, 0.15) is 0 Å². The minimum Gasteiger partial charge on any atom is -0.383 e. The summed E-state index contributed by atoms with van der Waals surface area (Å²) in [4.78, 5) is 28.2. The molecule has 0 radical (unpaired) electrons. The first-order valence-electron chi connectivity index (χ1n) is 8.94. The third-order valence-electron chi connectivity index (χ3n) is 5.49. The first-order chi connectivity index (χ1) is 12.2. The summed E-state index contributed by atoms with van der Waals surface area (Å²) in [5, 5.41) is 2.96. The van der Waals surface area contributed by atoms with Crippen molar-refractivity contribution in [1.29, 1.82) is 0 Å². The summed E-state index contributed by atoms with van der Waals surface area (Å²) in [6.07, 6.45) is 5.45. The molecule has 1 aliphatic carbocycles. The molecule has 0 unspecified atom stereocenters. The molecule has 1 fully saturated rings. The highest BCUT2D eigenvalue weighted by Crippen LogP contribution is 2.50. The van der Waals surface area contributed by atoms with Crippen LogP contribution in [0.2, 0.25) is 0 Å². The number of benzene rings is 1. The zero-order valence-corrected chi connectivity index (χ0v) is 14.8. The van der Waals surface area contributed by atoms with Crippen molar-refractivity contribution in [1.82, 2.24) is 10.2 Å². The van der Waals surface area contributed by atoms with Crippen LogP contribution >= 0.6 is 0 Å². The van der Waals surface area contributed by atoms with Crippen molar-refractivity contribution in [2.45, 2.75) is 37.1 Å². The van der Waals surface area contributed by atoms with Gasteiger partial charge in [-0.2, -0.15) is 0 Å². The van der Waals surface area contributed by atoms with Crippen LogP contribution in [0.15, 0.2) is 36.9 Å². The quantitative estimate of drug-likeness (QED) is 0.808. The molecular weight excluding hydrogens is 316 g/mol. The molecule has 1 atom stereocenters. The van der Waals surface area contributed by atoms with E-state index >= 15 is 0 Å². The summed E-state index contributed by atoms with van der Waals surface area (Å²) in [6.45, 7) is 5.09. The topological polar surface area (TPSA) is 58.6 Å². The number of amides is 2. The van der Waals surface area contributed by atoms with E-state index < -0.39 is 5.54 Å². The van der Waals surface area contributed by atoms with Gasteiger partial charge in [0.15, 0.2) is 0 Å². The second-order valence-electron chi connectivity index (χ2n) is 6.81. The predicted octanol–water partition coefficient (Wildman–Crippen LogP) is 2.49. The Labute approximate surface area is 149 Å². The fourth-order valence-electron chi connectivity index (χ4n) is 4.45. The molecule has 0 saturated heterocycles. The molecule has 5 heteroatoms. The lowest BCUT2D eigenvalue weighted by atomic mass is 9.71. The Morgan fingerprint density at radius 1 is 1.40 bits per heavy atom. The molecule has 1 aromatic rings. The van der Waals surface area contributed by atoms with Crippen molar-refractivity contribution in [3.05, 3.63) is 48.0 Å². The Morgan fingerprint density at radius 3 is 2.80 bits per heavy atom. The van der Waals surface area contributed by atoms with E-state index in [9.17, 15) is 9.59 Å². The number of ether oxygens (including phenoxy) is 1. The van der Waals surface area contributed by atoms with Crippen molar-refractivity contribution < 1.29 is 14.3 Å². The van der Waals surface area contributed by atoms with Gasteiger partial charge in [0, 0.05) is 25.8 Å². The summed E-state index contributed by atoms with van der Waals surface area (Å²) >= 11 is 0. The first kappa shape index (κ1) is 17.7. The smallest absolute Gasteiger partial charge is 0.254 e. The molecule has 1 saturated carbocycles. The molecule has 1 spiro atoms. The van der Waals surface area contributed by atoms with E-state index in [1.165, 1.54) is 0 Å². The van der Waals surface area contributed by atoms with Gasteiger partial charge in [0.05, 0.1) is 18.1 Å². The van der Waals surface area contributed by atoms with Gasteiger partial charge in [-0.25, -0.2) is 0 Å². The highest BCUT2D eigenvalue weighted by atomic mass is 16.5. The SMILES string of the molecule is C=CCNC(=O)[C@H]1c2ccccc2C(=O)N(CCOC)C12CCCC2. The van der Waals surface area contributed by atoms with Crippen LogP contribution in [0.25, 0.3) is 0 Å². The molecule has 25 heavy (non-hydrogen) atoms. The van der Waals surface area contributed by atoms with Crippen LogP contribution in [0.3, 0.4) is 0 Å². The highest BCUT2D eigenvalue weighted by molar-refractivity contribution is 6.02. The minimum atomic E-state index is -0.449. The van der Waals surface area contributed by atoms with Crippen molar-refractivity contribution in [2.24, 2.45) is 0 Å².